The molecular formula is C29H22ClN5O2. The first kappa shape index (κ1) is 23.9. The molecule has 5 rings (SSSR count). The van der Waals surface area contributed by atoms with E-state index in [-0.39, 0.29) is 5.91 Å². The van der Waals surface area contributed by atoms with Crippen LogP contribution in [0.4, 0.5) is 11.4 Å². The van der Waals surface area contributed by atoms with Crippen molar-refractivity contribution in [1.82, 2.24) is 14.9 Å². The highest BCUT2D eigenvalue weighted by atomic mass is 35.5. The van der Waals surface area contributed by atoms with E-state index in [9.17, 15) is 10.1 Å². The SMILES string of the molecule is Cc1c(C(=O)NCc2ccccc2Cl)cn2ncc(C#N)c(Nc3ccc(Oc4ccccc4)cc3)c12. The molecule has 0 radical (unpaired) electrons. The molecule has 37 heavy (non-hydrogen) atoms. The molecule has 2 N–H and O–H groups in total. The molecule has 2 heterocycles. The van der Waals surface area contributed by atoms with Crippen LogP contribution in [0.25, 0.3) is 5.52 Å². The molecule has 0 spiro atoms. The van der Waals surface area contributed by atoms with E-state index in [1.807, 2.05) is 79.7 Å². The number of ether oxygens (including phenoxy) is 1. The molecule has 0 aliphatic heterocycles. The van der Waals surface area contributed by atoms with Crippen molar-refractivity contribution in [1.29, 1.82) is 5.26 Å². The van der Waals surface area contributed by atoms with Crippen LogP contribution >= 0.6 is 11.6 Å². The fraction of sp³-hybridized carbons (Fsp3) is 0.0690. The van der Waals surface area contributed by atoms with Crippen LogP contribution in [0.5, 0.6) is 11.5 Å². The average molecular weight is 508 g/mol. The Hall–Kier alpha value is -4.80. The highest BCUT2D eigenvalue weighted by Crippen LogP contribution is 2.31. The Morgan fingerprint density at radius 1 is 1.03 bits per heavy atom. The number of nitrogens with zero attached hydrogens (tertiary/aromatic N) is 3. The van der Waals surface area contributed by atoms with Gasteiger partial charge in [0.25, 0.3) is 5.91 Å². The molecule has 5 aromatic rings. The van der Waals surface area contributed by atoms with E-state index in [1.54, 1.807) is 16.8 Å². The molecule has 0 saturated heterocycles. The number of para-hydroxylation sites is 1. The van der Waals surface area contributed by atoms with Crippen LogP contribution in [-0.2, 0) is 6.54 Å². The van der Waals surface area contributed by atoms with Gasteiger partial charge in [-0.05, 0) is 60.5 Å². The molecule has 7 nitrogen and oxygen atoms in total. The molecule has 2 aromatic heterocycles. The lowest BCUT2D eigenvalue weighted by atomic mass is 10.1. The third-order valence-electron chi connectivity index (χ3n) is 5.92. The molecule has 0 atom stereocenters. The lowest BCUT2D eigenvalue weighted by Crippen LogP contribution is -2.23. The predicted molar refractivity (Wildman–Crippen MR) is 144 cm³/mol. The summed E-state index contributed by atoms with van der Waals surface area (Å²) in [6.07, 6.45) is 3.14. The maximum atomic E-state index is 13.0. The van der Waals surface area contributed by atoms with E-state index < -0.39 is 0 Å². The van der Waals surface area contributed by atoms with Crippen molar-refractivity contribution in [3.05, 3.63) is 119 Å². The second-order valence-corrected chi connectivity index (χ2v) is 8.75. The number of aromatic nitrogens is 2. The second kappa shape index (κ2) is 10.4. The first-order valence-electron chi connectivity index (χ1n) is 11.6. The number of anilines is 2. The van der Waals surface area contributed by atoms with Crippen molar-refractivity contribution in [3.63, 3.8) is 0 Å². The molecule has 0 aliphatic rings. The zero-order chi connectivity index (χ0) is 25.8. The van der Waals surface area contributed by atoms with Crippen LogP contribution in [0.15, 0.2) is 91.3 Å². The van der Waals surface area contributed by atoms with Crippen LogP contribution < -0.4 is 15.4 Å². The maximum Gasteiger partial charge on any atom is 0.253 e. The molecule has 0 saturated carbocycles. The van der Waals surface area contributed by atoms with Crippen molar-refractivity contribution in [2.75, 3.05) is 5.32 Å². The number of fused-ring (bicyclic) bond motifs is 1. The Balaban J connectivity index is 1.41. The van der Waals surface area contributed by atoms with Gasteiger partial charge in [0.05, 0.1) is 28.5 Å². The van der Waals surface area contributed by atoms with Crippen molar-refractivity contribution in [2.45, 2.75) is 13.5 Å². The van der Waals surface area contributed by atoms with Gasteiger partial charge in [0.1, 0.15) is 17.6 Å². The lowest BCUT2D eigenvalue weighted by Gasteiger charge is -2.12. The van der Waals surface area contributed by atoms with Gasteiger partial charge in [-0.15, -0.1) is 0 Å². The van der Waals surface area contributed by atoms with E-state index in [1.165, 1.54) is 6.20 Å². The fourth-order valence-corrected chi connectivity index (χ4v) is 4.22. The van der Waals surface area contributed by atoms with Crippen LogP contribution in [0, 0.1) is 18.3 Å². The van der Waals surface area contributed by atoms with Gasteiger partial charge in [-0.2, -0.15) is 10.4 Å². The lowest BCUT2D eigenvalue weighted by molar-refractivity contribution is 0.0950. The number of amides is 1. The van der Waals surface area contributed by atoms with Crippen LogP contribution in [0.1, 0.15) is 27.0 Å². The summed E-state index contributed by atoms with van der Waals surface area (Å²) in [6, 6.07) is 26.5. The Morgan fingerprint density at radius 3 is 2.46 bits per heavy atom. The van der Waals surface area contributed by atoms with Crippen LogP contribution in [0.2, 0.25) is 5.02 Å². The smallest absolute Gasteiger partial charge is 0.253 e. The third kappa shape index (κ3) is 5.10. The molecular weight excluding hydrogens is 486 g/mol. The van der Waals surface area contributed by atoms with Gasteiger partial charge in [0.2, 0.25) is 0 Å². The normalized spacial score (nSPS) is 10.6. The third-order valence-corrected chi connectivity index (χ3v) is 6.29. The first-order valence-corrected chi connectivity index (χ1v) is 11.9. The number of benzene rings is 3. The Labute approximate surface area is 218 Å². The number of hydrogen-bond donors (Lipinski definition) is 2. The summed E-state index contributed by atoms with van der Waals surface area (Å²) in [5.41, 5.74) is 4.32. The van der Waals surface area contributed by atoms with Gasteiger partial charge in [-0.1, -0.05) is 48.0 Å². The largest absolute Gasteiger partial charge is 0.457 e. The average Bonchev–Trinajstić information content (AvgIpc) is 3.26. The molecule has 8 heteroatoms. The molecule has 0 fully saturated rings. The fourth-order valence-electron chi connectivity index (χ4n) is 4.02. The number of nitriles is 1. The summed E-state index contributed by atoms with van der Waals surface area (Å²) >= 11 is 6.22. The molecule has 0 unspecified atom stereocenters. The molecule has 0 bridgehead atoms. The second-order valence-electron chi connectivity index (χ2n) is 8.34. The van der Waals surface area contributed by atoms with E-state index >= 15 is 0 Å². The van der Waals surface area contributed by atoms with Gasteiger partial charge < -0.3 is 15.4 Å². The topological polar surface area (TPSA) is 91.5 Å². The molecule has 1 amide bonds. The van der Waals surface area contributed by atoms with Gasteiger partial charge >= 0.3 is 0 Å². The Morgan fingerprint density at radius 2 is 1.73 bits per heavy atom. The van der Waals surface area contributed by atoms with Gasteiger partial charge in [0, 0.05) is 23.5 Å². The summed E-state index contributed by atoms with van der Waals surface area (Å²) in [4.78, 5) is 13.0. The van der Waals surface area contributed by atoms with Crippen LogP contribution in [-0.4, -0.2) is 15.5 Å². The highest BCUT2D eigenvalue weighted by molar-refractivity contribution is 6.31. The Kier molecular flexibility index (Phi) is 6.75. The van der Waals surface area contributed by atoms with Gasteiger partial charge in [-0.25, -0.2) is 4.52 Å². The van der Waals surface area contributed by atoms with Gasteiger partial charge in [-0.3, -0.25) is 4.79 Å². The minimum atomic E-state index is -0.255. The molecule has 182 valence electrons. The minimum Gasteiger partial charge on any atom is -0.457 e. The van der Waals surface area contributed by atoms with Crippen molar-refractivity contribution < 1.29 is 9.53 Å². The zero-order valence-electron chi connectivity index (χ0n) is 19.9. The first-order chi connectivity index (χ1) is 18.0. The van der Waals surface area contributed by atoms with Crippen molar-refractivity contribution in [2.24, 2.45) is 0 Å². The van der Waals surface area contributed by atoms with E-state index in [0.29, 0.717) is 45.2 Å². The summed E-state index contributed by atoms with van der Waals surface area (Å²) < 4.78 is 7.47. The molecule has 0 aliphatic carbocycles. The van der Waals surface area contributed by atoms with Crippen LogP contribution in [0.3, 0.4) is 0 Å². The van der Waals surface area contributed by atoms with E-state index in [0.717, 1.165) is 17.0 Å². The number of carbonyl (C=O) groups is 1. The number of carbonyl (C=O) groups excluding carboxylic acids is 1. The minimum absolute atomic E-state index is 0.255. The summed E-state index contributed by atoms with van der Waals surface area (Å²) in [5, 5.41) is 20.9. The maximum absolute atomic E-state index is 13.0. The quantitative estimate of drug-likeness (QED) is 0.258. The summed E-state index contributed by atoms with van der Waals surface area (Å²) in [6.45, 7) is 2.13. The molecule has 3 aromatic carbocycles. The number of nitrogens with one attached hydrogen (secondary N) is 2. The number of aryl methyl sites for hydroxylation is 1. The van der Waals surface area contributed by atoms with Crippen molar-refractivity contribution in [3.8, 4) is 17.6 Å². The Bertz CT molecular complexity index is 1620. The van der Waals surface area contributed by atoms with E-state index in [4.69, 9.17) is 16.3 Å². The monoisotopic (exact) mass is 507 g/mol. The van der Waals surface area contributed by atoms with Gasteiger partial charge in [0.15, 0.2) is 0 Å². The number of halogens is 1. The standard InChI is InChI=1S/C29H22ClN5O2/c1-19-25(29(36)32-16-20-7-5-6-10-26(20)30)18-35-28(19)27(21(15-31)17-33-35)34-22-11-13-24(14-12-22)37-23-8-3-2-4-9-23/h2-14,17-18,34H,16H2,1H3,(H,32,36). The highest BCUT2D eigenvalue weighted by Gasteiger charge is 2.20. The summed E-state index contributed by atoms with van der Waals surface area (Å²) in [5.74, 6) is 1.18. The zero-order valence-corrected chi connectivity index (χ0v) is 20.7. The number of rotatable bonds is 7. The predicted octanol–water partition coefficient (Wildman–Crippen LogP) is 6.63. The van der Waals surface area contributed by atoms with E-state index in [2.05, 4.69) is 21.8 Å². The van der Waals surface area contributed by atoms with Crippen molar-refractivity contribution >= 4 is 34.4 Å². The summed E-state index contributed by atoms with van der Waals surface area (Å²) in [7, 11) is 0. The number of hydrogen-bond acceptors (Lipinski definition) is 5.